The molecule has 0 N–H and O–H groups in total. The lowest BCUT2D eigenvalue weighted by Gasteiger charge is -2.37. The first-order valence-electron chi connectivity index (χ1n) is 7.93. The molecular formula is C17H16F3N3O. The van der Waals surface area contributed by atoms with Gasteiger partial charge in [-0.25, -0.2) is 18.2 Å². The molecule has 4 nitrogen and oxygen atoms in total. The fraction of sp³-hybridized carbons (Fsp3) is 0.412. The van der Waals surface area contributed by atoms with Gasteiger partial charge >= 0.3 is 0 Å². The summed E-state index contributed by atoms with van der Waals surface area (Å²) in [5.74, 6) is -3.01. The Balaban J connectivity index is 1.49. The maximum Gasteiger partial charge on any atom is 0.236 e. The number of hydrogen-bond donors (Lipinski definition) is 0. The van der Waals surface area contributed by atoms with Crippen molar-refractivity contribution in [3.63, 3.8) is 0 Å². The van der Waals surface area contributed by atoms with Gasteiger partial charge in [0.05, 0.1) is 0 Å². The number of hydrogen-bond acceptors (Lipinski definition) is 4. The normalized spacial score (nSPS) is 30.5. The van der Waals surface area contributed by atoms with Crippen LogP contribution >= 0.6 is 0 Å². The number of ether oxygens (including phenoxy) is 1. The molecule has 126 valence electrons. The summed E-state index contributed by atoms with van der Waals surface area (Å²) in [7, 11) is 0. The second-order valence-corrected chi connectivity index (χ2v) is 6.16. The standard InChI is InChI=1S/C17H16F3N3O/c18-11-7-10(8-12(19)16(11)20)23-6-4-15-14(9-23)22-17(24-15)13-3-1-2-5-21-13/h1-3,5,7,10,14-15H,4,6,8-9H2. The van der Waals surface area contributed by atoms with Crippen LogP contribution in [0.1, 0.15) is 18.5 Å². The molecule has 1 fully saturated rings. The van der Waals surface area contributed by atoms with Gasteiger partial charge in [0.25, 0.3) is 0 Å². The van der Waals surface area contributed by atoms with Crippen LogP contribution in [0.15, 0.2) is 52.9 Å². The number of allylic oxidation sites excluding steroid dienone is 2. The molecule has 3 atom stereocenters. The van der Waals surface area contributed by atoms with Gasteiger partial charge in [0.1, 0.15) is 23.7 Å². The molecule has 7 heteroatoms. The van der Waals surface area contributed by atoms with E-state index < -0.39 is 23.5 Å². The van der Waals surface area contributed by atoms with Crippen molar-refractivity contribution < 1.29 is 17.9 Å². The van der Waals surface area contributed by atoms with E-state index in [1.807, 2.05) is 23.1 Å². The molecule has 3 unspecified atom stereocenters. The predicted octanol–water partition coefficient (Wildman–Crippen LogP) is 3.08. The van der Waals surface area contributed by atoms with E-state index in [2.05, 4.69) is 9.98 Å². The monoisotopic (exact) mass is 335 g/mol. The van der Waals surface area contributed by atoms with Gasteiger partial charge in [-0.05, 0) is 24.6 Å². The van der Waals surface area contributed by atoms with Crippen molar-refractivity contribution in [2.24, 2.45) is 4.99 Å². The van der Waals surface area contributed by atoms with Crippen molar-refractivity contribution in [3.05, 3.63) is 53.6 Å². The lowest BCUT2D eigenvalue weighted by Crippen LogP contribution is -2.49. The summed E-state index contributed by atoms with van der Waals surface area (Å²) in [4.78, 5) is 10.7. The molecule has 1 saturated heterocycles. The number of piperidine rings is 1. The Kier molecular flexibility index (Phi) is 3.88. The number of nitrogens with zero attached hydrogens (tertiary/aromatic N) is 3. The summed E-state index contributed by atoms with van der Waals surface area (Å²) in [6.07, 6.45) is 3.33. The van der Waals surface area contributed by atoms with Crippen LogP contribution < -0.4 is 0 Å². The van der Waals surface area contributed by atoms with E-state index >= 15 is 0 Å². The number of aromatic nitrogens is 1. The van der Waals surface area contributed by atoms with Gasteiger partial charge in [-0.3, -0.25) is 9.88 Å². The molecule has 3 aliphatic rings. The first kappa shape index (κ1) is 15.4. The quantitative estimate of drug-likeness (QED) is 0.834. The van der Waals surface area contributed by atoms with Crippen LogP contribution in [-0.2, 0) is 4.74 Å². The minimum atomic E-state index is -1.37. The number of pyridine rings is 1. The van der Waals surface area contributed by atoms with Crippen molar-refractivity contribution in [3.8, 4) is 0 Å². The van der Waals surface area contributed by atoms with Crippen LogP contribution in [0.5, 0.6) is 0 Å². The summed E-state index contributed by atoms with van der Waals surface area (Å²) in [6, 6.07) is 4.92. The highest BCUT2D eigenvalue weighted by molar-refractivity contribution is 5.93. The number of likely N-dealkylation sites (tertiary alicyclic amines) is 1. The zero-order valence-electron chi connectivity index (χ0n) is 12.8. The van der Waals surface area contributed by atoms with Gasteiger partial charge < -0.3 is 4.74 Å². The Labute approximate surface area is 137 Å². The molecule has 0 amide bonds. The van der Waals surface area contributed by atoms with Gasteiger partial charge in [-0.2, -0.15) is 0 Å². The number of halogens is 3. The van der Waals surface area contributed by atoms with Gasteiger partial charge in [0.2, 0.25) is 5.90 Å². The van der Waals surface area contributed by atoms with Crippen LogP contribution in [0.3, 0.4) is 0 Å². The van der Waals surface area contributed by atoms with Gasteiger partial charge in [-0.1, -0.05) is 6.07 Å². The van der Waals surface area contributed by atoms with Crippen LogP contribution in [-0.4, -0.2) is 47.1 Å². The highest BCUT2D eigenvalue weighted by Crippen LogP contribution is 2.33. The molecule has 0 radical (unpaired) electrons. The third kappa shape index (κ3) is 2.73. The molecule has 0 aromatic carbocycles. The molecule has 0 bridgehead atoms. The Morgan fingerprint density at radius 2 is 2.08 bits per heavy atom. The minimum Gasteiger partial charge on any atom is -0.471 e. The smallest absolute Gasteiger partial charge is 0.236 e. The van der Waals surface area contributed by atoms with Crippen molar-refractivity contribution in [1.29, 1.82) is 0 Å². The molecule has 2 aliphatic heterocycles. The van der Waals surface area contributed by atoms with Crippen molar-refractivity contribution in [2.75, 3.05) is 13.1 Å². The SMILES string of the molecule is FC1=CC(N2CCC3OC(c4ccccn4)=NC3C2)CC(F)=C1F. The molecule has 3 heterocycles. The molecule has 4 rings (SSSR count). The molecule has 24 heavy (non-hydrogen) atoms. The fourth-order valence-corrected chi connectivity index (χ4v) is 3.38. The van der Waals surface area contributed by atoms with Crippen molar-refractivity contribution in [1.82, 2.24) is 9.88 Å². The Morgan fingerprint density at radius 3 is 2.83 bits per heavy atom. The predicted molar refractivity (Wildman–Crippen MR) is 82.5 cm³/mol. The number of rotatable bonds is 2. The van der Waals surface area contributed by atoms with E-state index in [9.17, 15) is 13.2 Å². The maximum absolute atomic E-state index is 13.5. The fourth-order valence-electron chi connectivity index (χ4n) is 3.38. The van der Waals surface area contributed by atoms with E-state index in [1.165, 1.54) is 0 Å². The summed E-state index contributed by atoms with van der Waals surface area (Å²) >= 11 is 0. The average molecular weight is 335 g/mol. The molecule has 1 aliphatic carbocycles. The summed E-state index contributed by atoms with van der Waals surface area (Å²) < 4.78 is 46.0. The average Bonchev–Trinajstić information content (AvgIpc) is 3.03. The lowest BCUT2D eigenvalue weighted by atomic mass is 9.98. The second-order valence-electron chi connectivity index (χ2n) is 6.16. The largest absolute Gasteiger partial charge is 0.471 e. The van der Waals surface area contributed by atoms with E-state index in [0.717, 1.165) is 6.08 Å². The van der Waals surface area contributed by atoms with E-state index in [-0.39, 0.29) is 18.6 Å². The zero-order chi connectivity index (χ0) is 16.7. The highest BCUT2D eigenvalue weighted by atomic mass is 19.2. The van der Waals surface area contributed by atoms with Crippen molar-refractivity contribution >= 4 is 5.90 Å². The van der Waals surface area contributed by atoms with E-state index in [1.54, 1.807) is 6.20 Å². The lowest BCUT2D eigenvalue weighted by molar-refractivity contribution is 0.0790. The zero-order valence-corrected chi connectivity index (χ0v) is 12.8. The third-order valence-electron chi connectivity index (χ3n) is 4.63. The number of aliphatic imine (C=N–C) groups is 1. The second kappa shape index (κ2) is 6.05. The summed E-state index contributed by atoms with van der Waals surface area (Å²) in [5, 5.41) is 0. The molecular weight excluding hydrogens is 319 g/mol. The highest BCUT2D eigenvalue weighted by Gasteiger charge is 2.39. The molecule has 0 spiro atoms. The molecule has 0 saturated carbocycles. The first-order valence-corrected chi connectivity index (χ1v) is 7.93. The summed E-state index contributed by atoms with van der Waals surface area (Å²) in [6.45, 7) is 1.14. The Morgan fingerprint density at radius 1 is 1.21 bits per heavy atom. The Bertz CT molecular complexity index is 732. The third-order valence-corrected chi connectivity index (χ3v) is 4.63. The first-order chi connectivity index (χ1) is 11.6. The topological polar surface area (TPSA) is 37.7 Å². The molecule has 1 aromatic rings. The van der Waals surface area contributed by atoms with E-state index in [4.69, 9.17) is 4.74 Å². The summed E-state index contributed by atoms with van der Waals surface area (Å²) in [5.41, 5.74) is 0.679. The Hall–Kier alpha value is -2.15. The van der Waals surface area contributed by atoms with Crippen LogP contribution in [0.2, 0.25) is 0 Å². The maximum atomic E-state index is 13.5. The van der Waals surface area contributed by atoms with Crippen LogP contribution in [0.25, 0.3) is 0 Å². The van der Waals surface area contributed by atoms with Crippen LogP contribution in [0, 0.1) is 0 Å². The van der Waals surface area contributed by atoms with Crippen LogP contribution in [0.4, 0.5) is 13.2 Å². The van der Waals surface area contributed by atoms with Gasteiger partial charge in [0.15, 0.2) is 11.7 Å². The minimum absolute atomic E-state index is 0.0483. The van der Waals surface area contributed by atoms with Crippen molar-refractivity contribution in [2.45, 2.75) is 31.0 Å². The van der Waals surface area contributed by atoms with Gasteiger partial charge in [0, 0.05) is 31.7 Å². The number of fused-ring (bicyclic) bond motifs is 1. The van der Waals surface area contributed by atoms with Gasteiger partial charge in [-0.15, -0.1) is 0 Å². The van der Waals surface area contributed by atoms with E-state index in [0.29, 0.717) is 31.1 Å². The molecule has 1 aromatic heterocycles.